The molecule has 0 heterocycles. The molecule has 3 N–H and O–H groups in total. The lowest BCUT2D eigenvalue weighted by Gasteiger charge is -2.38. The fourth-order valence-electron chi connectivity index (χ4n) is 2.42. The summed E-state index contributed by atoms with van der Waals surface area (Å²) in [6.07, 6.45) is 3.34. The van der Waals surface area contributed by atoms with Crippen LogP contribution in [-0.4, -0.2) is 21.5 Å². The highest BCUT2D eigenvalue weighted by molar-refractivity contribution is 7.89. The first-order chi connectivity index (χ1) is 9.86. The molecule has 0 amide bonds. The minimum atomic E-state index is -3.50. The molecular weight excluding hydrogens is 284 g/mol. The van der Waals surface area contributed by atoms with Gasteiger partial charge in [0, 0.05) is 12.1 Å². The van der Waals surface area contributed by atoms with Crippen molar-refractivity contribution in [1.29, 1.82) is 0 Å². The van der Waals surface area contributed by atoms with Crippen LogP contribution in [0.25, 0.3) is 0 Å². The molecule has 0 spiro atoms. The summed E-state index contributed by atoms with van der Waals surface area (Å²) in [5, 5.41) is 0. The number of hydrogen-bond donors (Lipinski definition) is 2. The van der Waals surface area contributed by atoms with Gasteiger partial charge >= 0.3 is 0 Å². The van der Waals surface area contributed by atoms with Crippen LogP contribution in [0.2, 0.25) is 0 Å². The van der Waals surface area contributed by atoms with Crippen molar-refractivity contribution < 1.29 is 8.42 Å². The molecule has 1 saturated carbocycles. The van der Waals surface area contributed by atoms with Gasteiger partial charge in [-0.3, -0.25) is 0 Å². The molecule has 114 valence electrons. The van der Waals surface area contributed by atoms with E-state index >= 15 is 0 Å². The maximum atomic E-state index is 12.5. The normalized spacial score (nSPS) is 16.7. The standard InChI is InChI=1S/C16H22N2O2S/c1-13-6-7-14(5-3-10-17)11-15(13)21(19,20)18-12-16(2)8-4-9-16/h6-7,11,18H,4,8-10,12,17H2,1-2H3. The second-order valence-corrected chi connectivity index (χ2v) is 7.71. The van der Waals surface area contributed by atoms with E-state index in [-0.39, 0.29) is 12.0 Å². The third-order valence-electron chi connectivity index (χ3n) is 4.06. The predicted octanol–water partition coefficient (Wildman–Crippen LogP) is 1.77. The van der Waals surface area contributed by atoms with Gasteiger partial charge in [0.2, 0.25) is 10.0 Å². The Labute approximate surface area is 127 Å². The molecule has 1 fully saturated rings. The first-order valence-corrected chi connectivity index (χ1v) is 8.64. The first kappa shape index (κ1) is 16.0. The van der Waals surface area contributed by atoms with Crippen LogP contribution in [0.3, 0.4) is 0 Å². The minimum Gasteiger partial charge on any atom is -0.320 e. The number of nitrogens with one attached hydrogen (secondary N) is 1. The molecule has 21 heavy (non-hydrogen) atoms. The van der Waals surface area contributed by atoms with Gasteiger partial charge in [-0.2, -0.15) is 0 Å². The Bertz CT molecular complexity index is 680. The van der Waals surface area contributed by atoms with Crippen LogP contribution in [0.15, 0.2) is 23.1 Å². The van der Waals surface area contributed by atoms with Gasteiger partial charge in [0.25, 0.3) is 0 Å². The van der Waals surface area contributed by atoms with Gasteiger partial charge in [-0.1, -0.05) is 31.3 Å². The van der Waals surface area contributed by atoms with Gasteiger partial charge in [-0.15, -0.1) is 0 Å². The molecule has 1 aromatic carbocycles. The number of hydrogen-bond acceptors (Lipinski definition) is 3. The lowest BCUT2D eigenvalue weighted by Crippen LogP contribution is -2.40. The predicted molar refractivity (Wildman–Crippen MR) is 84.3 cm³/mol. The van der Waals surface area contributed by atoms with Crippen molar-refractivity contribution in [2.75, 3.05) is 13.1 Å². The summed E-state index contributed by atoms with van der Waals surface area (Å²) < 4.78 is 27.7. The minimum absolute atomic E-state index is 0.109. The maximum Gasteiger partial charge on any atom is 0.240 e. The van der Waals surface area contributed by atoms with E-state index in [0.717, 1.165) is 18.4 Å². The molecule has 1 aromatic rings. The lowest BCUT2D eigenvalue weighted by atomic mass is 9.71. The smallest absolute Gasteiger partial charge is 0.240 e. The highest BCUT2D eigenvalue weighted by Gasteiger charge is 2.33. The van der Waals surface area contributed by atoms with Crippen molar-refractivity contribution in [3.8, 4) is 11.8 Å². The summed E-state index contributed by atoms with van der Waals surface area (Å²) in [4.78, 5) is 0.300. The van der Waals surface area contributed by atoms with E-state index in [1.165, 1.54) is 6.42 Å². The van der Waals surface area contributed by atoms with Gasteiger partial charge < -0.3 is 5.73 Å². The van der Waals surface area contributed by atoms with E-state index in [1.807, 2.05) is 6.07 Å². The van der Waals surface area contributed by atoms with Crippen molar-refractivity contribution >= 4 is 10.0 Å². The third kappa shape index (κ3) is 3.85. The summed E-state index contributed by atoms with van der Waals surface area (Å²) in [6.45, 7) is 4.66. The molecule has 0 unspecified atom stereocenters. The van der Waals surface area contributed by atoms with Crippen LogP contribution in [0.1, 0.15) is 37.3 Å². The van der Waals surface area contributed by atoms with Crippen LogP contribution < -0.4 is 10.5 Å². The number of aryl methyl sites for hydroxylation is 1. The summed E-state index contributed by atoms with van der Waals surface area (Å²) in [6, 6.07) is 5.20. The van der Waals surface area contributed by atoms with E-state index in [0.29, 0.717) is 17.0 Å². The van der Waals surface area contributed by atoms with Crippen LogP contribution in [0, 0.1) is 24.2 Å². The Hall–Kier alpha value is -1.35. The fraction of sp³-hybridized carbons (Fsp3) is 0.500. The average molecular weight is 306 g/mol. The van der Waals surface area contributed by atoms with Gasteiger partial charge in [-0.05, 0) is 42.9 Å². The molecule has 0 radical (unpaired) electrons. The van der Waals surface area contributed by atoms with E-state index in [9.17, 15) is 8.42 Å². The molecule has 0 bridgehead atoms. The third-order valence-corrected chi connectivity index (χ3v) is 5.61. The molecule has 4 nitrogen and oxygen atoms in total. The number of rotatable bonds is 4. The quantitative estimate of drug-likeness (QED) is 0.833. The highest BCUT2D eigenvalue weighted by atomic mass is 32.2. The number of sulfonamides is 1. The van der Waals surface area contributed by atoms with Crippen molar-refractivity contribution in [2.45, 2.75) is 38.0 Å². The van der Waals surface area contributed by atoms with Crippen LogP contribution in [0.5, 0.6) is 0 Å². The van der Waals surface area contributed by atoms with E-state index in [2.05, 4.69) is 23.5 Å². The molecule has 0 aliphatic heterocycles. The van der Waals surface area contributed by atoms with Gasteiger partial charge in [-0.25, -0.2) is 13.1 Å². The molecular formula is C16H22N2O2S. The number of benzene rings is 1. The topological polar surface area (TPSA) is 72.2 Å². The van der Waals surface area contributed by atoms with Crippen LogP contribution in [0.4, 0.5) is 0 Å². The molecule has 0 saturated heterocycles. The second-order valence-electron chi connectivity index (χ2n) is 5.97. The van der Waals surface area contributed by atoms with E-state index < -0.39 is 10.0 Å². The van der Waals surface area contributed by atoms with Crippen molar-refractivity contribution in [3.05, 3.63) is 29.3 Å². The van der Waals surface area contributed by atoms with Gasteiger partial charge in [0.15, 0.2) is 0 Å². The van der Waals surface area contributed by atoms with Crippen LogP contribution >= 0.6 is 0 Å². The molecule has 0 aromatic heterocycles. The molecule has 0 atom stereocenters. The van der Waals surface area contributed by atoms with Crippen LogP contribution in [-0.2, 0) is 10.0 Å². The zero-order chi connectivity index (χ0) is 15.5. The summed E-state index contributed by atoms with van der Waals surface area (Å²) in [7, 11) is -3.50. The van der Waals surface area contributed by atoms with Crippen molar-refractivity contribution in [3.63, 3.8) is 0 Å². The monoisotopic (exact) mass is 306 g/mol. The van der Waals surface area contributed by atoms with Crippen molar-refractivity contribution in [2.24, 2.45) is 11.1 Å². The molecule has 5 heteroatoms. The molecule has 1 aliphatic rings. The fourth-order valence-corrected chi connectivity index (χ4v) is 3.89. The molecule has 2 rings (SSSR count). The van der Waals surface area contributed by atoms with Crippen molar-refractivity contribution in [1.82, 2.24) is 4.72 Å². The summed E-state index contributed by atoms with van der Waals surface area (Å²) in [5.74, 6) is 5.61. The summed E-state index contributed by atoms with van der Waals surface area (Å²) >= 11 is 0. The highest BCUT2D eigenvalue weighted by Crippen LogP contribution is 2.39. The van der Waals surface area contributed by atoms with E-state index in [1.54, 1.807) is 19.1 Å². The Morgan fingerprint density at radius 3 is 2.67 bits per heavy atom. The largest absolute Gasteiger partial charge is 0.320 e. The average Bonchev–Trinajstić information content (AvgIpc) is 2.42. The Morgan fingerprint density at radius 1 is 1.38 bits per heavy atom. The Balaban J connectivity index is 2.22. The zero-order valence-corrected chi connectivity index (χ0v) is 13.4. The molecule has 1 aliphatic carbocycles. The zero-order valence-electron chi connectivity index (χ0n) is 12.6. The van der Waals surface area contributed by atoms with Gasteiger partial charge in [0.05, 0.1) is 11.4 Å². The van der Waals surface area contributed by atoms with E-state index in [4.69, 9.17) is 5.73 Å². The number of nitrogens with two attached hydrogens (primary N) is 1. The lowest BCUT2D eigenvalue weighted by molar-refractivity contribution is 0.166. The first-order valence-electron chi connectivity index (χ1n) is 7.16. The summed E-state index contributed by atoms with van der Waals surface area (Å²) in [5.41, 5.74) is 6.84. The second kappa shape index (κ2) is 6.18. The Morgan fingerprint density at radius 2 is 2.10 bits per heavy atom. The SMILES string of the molecule is Cc1ccc(C#CCN)cc1S(=O)(=O)NCC1(C)CCC1. The maximum absolute atomic E-state index is 12.5. The Kier molecular flexibility index (Phi) is 4.72. The van der Waals surface area contributed by atoms with Gasteiger partial charge in [0.1, 0.15) is 0 Å².